The molecule has 1 rings (SSSR count). The maximum Gasteiger partial charge on any atom is 0.340 e. The Balaban J connectivity index is 2.88. The Morgan fingerprint density at radius 3 is 2.50 bits per heavy atom. The first-order valence-electron chi connectivity index (χ1n) is 4.54. The minimum Gasteiger partial charge on any atom is -0.504 e. The van der Waals surface area contributed by atoms with Gasteiger partial charge in [-0.25, -0.2) is 4.79 Å². The van der Waals surface area contributed by atoms with E-state index in [1.54, 1.807) is 0 Å². The van der Waals surface area contributed by atoms with Crippen LogP contribution >= 0.6 is 0 Å². The molecule has 1 aromatic carbocycles. The van der Waals surface area contributed by atoms with E-state index in [0.717, 1.165) is 0 Å². The van der Waals surface area contributed by atoms with Crippen LogP contribution in [0.3, 0.4) is 0 Å². The van der Waals surface area contributed by atoms with Gasteiger partial charge in [0.25, 0.3) is 0 Å². The first kappa shape index (κ1) is 12.3. The minimum atomic E-state index is -1.65. The molecule has 6 N–H and O–H groups in total. The van der Waals surface area contributed by atoms with Crippen molar-refractivity contribution in [3.8, 4) is 11.5 Å². The van der Waals surface area contributed by atoms with Crippen LogP contribution in [0.5, 0.6) is 11.5 Å². The van der Waals surface area contributed by atoms with Gasteiger partial charge < -0.3 is 26.4 Å². The molecule has 0 fully saturated rings. The first-order chi connectivity index (χ1) is 7.36. The molecule has 0 aliphatic heterocycles. The average molecular weight is 226 g/mol. The van der Waals surface area contributed by atoms with E-state index in [1.165, 1.54) is 25.3 Å². The highest BCUT2D eigenvalue weighted by atomic mass is 16.5. The molecule has 0 heterocycles. The number of carbonyl (C=O) groups is 1. The topological polar surface area (TPSA) is 119 Å². The Kier molecular flexibility index (Phi) is 3.36. The molecule has 0 bridgehead atoms. The fraction of sp³-hybridized carbons (Fsp3) is 0.300. The maximum atomic E-state index is 11.2. The van der Waals surface area contributed by atoms with Gasteiger partial charge in [-0.05, 0) is 17.7 Å². The van der Waals surface area contributed by atoms with Crippen LogP contribution in [0.1, 0.15) is 5.56 Å². The van der Waals surface area contributed by atoms with Gasteiger partial charge in [-0.15, -0.1) is 0 Å². The maximum absolute atomic E-state index is 11.2. The molecule has 0 amide bonds. The van der Waals surface area contributed by atoms with Gasteiger partial charge in [-0.3, -0.25) is 0 Å². The summed E-state index contributed by atoms with van der Waals surface area (Å²) in [6.07, 6.45) is -0.00644. The summed E-state index contributed by atoms with van der Waals surface area (Å²) in [6, 6.07) is 4.08. The lowest BCUT2D eigenvalue weighted by Gasteiger charge is -2.21. The van der Waals surface area contributed by atoms with Gasteiger partial charge in [0.1, 0.15) is 0 Å². The molecule has 6 heteroatoms. The zero-order valence-corrected chi connectivity index (χ0v) is 8.80. The van der Waals surface area contributed by atoms with Crippen LogP contribution in [0.15, 0.2) is 18.2 Å². The second-order valence-electron chi connectivity index (χ2n) is 3.53. The standard InChI is InChI=1S/C10H14N2O4/c1-16-9(15)10(11,12)5-6-2-3-7(13)8(14)4-6/h2-4,13-14H,5,11-12H2,1H3. The highest BCUT2D eigenvalue weighted by molar-refractivity contribution is 5.80. The van der Waals surface area contributed by atoms with E-state index in [-0.39, 0.29) is 17.9 Å². The smallest absolute Gasteiger partial charge is 0.340 e. The number of esters is 1. The van der Waals surface area contributed by atoms with Gasteiger partial charge in [-0.1, -0.05) is 6.07 Å². The van der Waals surface area contributed by atoms with Crippen molar-refractivity contribution in [2.45, 2.75) is 12.1 Å². The molecule has 0 radical (unpaired) electrons. The monoisotopic (exact) mass is 226 g/mol. The predicted molar refractivity (Wildman–Crippen MR) is 56.6 cm³/mol. The van der Waals surface area contributed by atoms with Crippen molar-refractivity contribution in [2.24, 2.45) is 11.5 Å². The van der Waals surface area contributed by atoms with Gasteiger partial charge >= 0.3 is 5.97 Å². The lowest BCUT2D eigenvalue weighted by Crippen LogP contribution is -2.58. The first-order valence-corrected chi connectivity index (χ1v) is 4.54. The number of hydrogen-bond donors (Lipinski definition) is 4. The fourth-order valence-corrected chi connectivity index (χ4v) is 1.28. The number of nitrogens with two attached hydrogens (primary N) is 2. The lowest BCUT2D eigenvalue weighted by molar-refractivity contribution is -0.146. The van der Waals surface area contributed by atoms with Crippen LogP contribution in [-0.2, 0) is 16.0 Å². The van der Waals surface area contributed by atoms with E-state index in [1.807, 2.05) is 0 Å². The van der Waals surface area contributed by atoms with E-state index in [4.69, 9.17) is 16.6 Å². The number of rotatable bonds is 3. The third-order valence-corrected chi connectivity index (χ3v) is 2.10. The Labute approximate surface area is 92.4 Å². The number of phenolic OH excluding ortho intramolecular Hbond substituents is 2. The minimum absolute atomic E-state index is 0.00644. The van der Waals surface area contributed by atoms with Crippen LogP contribution in [0.4, 0.5) is 0 Å². The molecule has 0 saturated heterocycles. The third kappa shape index (κ3) is 2.62. The zero-order chi connectivity index (χ0) is 12.3. The van der Waals surface area contributed by atoms with Crippen LogP contribution in [0.25, 0.3) is 0 Å². The van der Waals surface area contributed by atoms with Crippen molar-refractivity contribution in [1.29, 1.82) is 0 Å². The summed E-state index contributed by atoms with van der Waals surface area (Å²) in [5.74, 6) is -1.29. The van der Waals surface area contributed by atoms with Crippen molar-refractivity contribution < 1.29 is 19.7 Å². The summed E-state index contributed by atoms with van der Waals surface area (Å²) >= 11 is 0. The van der Waals surface area contributed by atoms with E-state index in [0.29, 0.717) is 5.56 Å². The molecule has 0 aliphatic carbocycles. The van der Waals surface area contributed by atoms with Gasteiger partial charge in [-0.2, -0.15) is 0 Å². The second kappa shape index (κ2) is 4.38. The Bertz CT molecular complexity index is 404. The zero-order valence-electron chi connectivity index (χ0n) is 8.80. The summed E-state index contributed by atoms with van der Waals surface area (Å²) in [5, 5.41) is 18.3. The molecular formula is C10H14N2O4. The summed E-state index contributed by atoms with van der Waals surface area (Å²) in [7, 11) is 1.19. The molecule has 0 aliphatic rings. The molecule has 16 heavy (non-hydrogen) atoms. The third-order valence-electron chi connectivity index (χ3n) is 2.10. The number of hydrogen-bond acceptors (Lipinski definition) is 6. The van der Waals surface area contributed by atoms with Gasteiger partial charge in [0, 0.05) is 6.42 Å². The number of ether oxygens (including phenoxy) is 1. The molecule has 6 nitrogen and oxygen atoms in total. The predicted octanol–water partition coefficient (Wildman–Crippen LogP) is -0.573. The van der Waals surface area contributed by atoms with Crippen molar-refractivity contribution in [3.05, 3.63) is 23.8 Å². The summed E-state index contributed by atoms with van der Waals surface area (Å²) < 4.78 is 4.44. The average Bonchev–Trinajstić information content (AvgIpc) is 2.22. The van der Waals surface area contributed by atoms with E-state index < -0.39 is 11.6 Å². The highest BCUT2D eigenvalue weighted by Gasteiger charge is 2.30. The molecule has 0 spiro atoms. The van der Waals surface area contributed by atoms with Crippen LogP contribution < -0.4 is 11.5 Å². The van der Waals surface area contributed by atoms with Crippen LogP contribution in [-0.4, -0.2) is 29.0 Å². The number of methoxy groups -OCH3 is 1. The second-order valence-corrected chi connectivity index (χ2v) is 3.53. The molecule has 1 aromatic rings. The van der Waals surface area contributed by atoms with E-state index in [2.05, 4.69) is 4.74 Å². The molecule has 0 atom stereocenters. The summed E-state index contributed by atoms with van der Waals surface area (Å²) in [4.78, 5) is 11.2. The molecule has 0 saturated carbocycles. The van der Waals surface area contributed by atoms with Crippen LogP contribution in [0, 0.1) is 0 Å². The SMILES string of the molecule is COC(=O)C(N)(N)Cc1ccc(O)c(O)c1. The quantitative estimate of drug-likeness (QED) is 0.311. The molecule has 88 valence electrons. The van der Waals surface area contributed by atoms with Gasteiger partial charge in [0.05, 0.1) is 7.11 Å². The van der Waals surface area contributed by atoms with Crippen molar-refractivity contribution in [2.75, 3.05) is 7.11 Å². The number of aromatic hydroxyl groups is 2. The Hall–Kier alpha value is -1.79. The van der Waals surface area contributed by atoms with Crippen molar-refractivity contribution >= 4 is 5.97 Å². The van der Waals surface area contributed by atoms with Crippen molar-refractivity contribution in [1.82, 2.24) is 0 Å². The normalized spacial score (nSPS) is 11.2. The van der Waals surface area contributed by atoms with Crippen LogP contribution in [0.2, 0.25) is 0 Å². The number of carbonyl (C=O) groups excluding carboxylic acids is 1. The fourth-order valence-electron chi connectivity index (χ4n) is 1.28. The largest absolute Gasteiger partial charge is 0.504 e. The number of benzene rings is 1. The van der Waals surface area contributed by atoms with Gasteiger partial charge in [0.15, 0.2) is 17.2 Å². The number of phenols is 2. The lowest BCUT2D eigenvalue weighted by atomic mass is 10.0. The highest BCUT2D eigenvalue weighted by Crippen LogP contribution is 2.25. The molecule has 0 aromatic heterocycles. The van der Waals surface area contributed by atoms with Gasteiger partial charge in [0.2, 0.25) is 0 Å². The Morgan fingerprint density at radius 1 is 1.38 bits per heavy atom. The van der Waals surface area contributed by atoms with E-state index >= 15 is 0 Å². The molecular weight excluding hydrogens is 212 g/mol. The summed E-state index contributed by atoms with van der Waals surface area (Å²) in [6.45, 7) is 0. The molecule has 0 unspecified atom stereocenters. The Morgan fingerprint density at radius 2 is 2.00 bits per heavy atom. The van der Waals surface area contributed by atoms with E-state index in [9.17, 15) is 9.90 Å². The van der Waals surface area contributed by atoms with Crippen molar-refractivity contribution in [3.63, 3.8) is 0 Å². The summed E-state index contributed by atoms with van der Waals surface area (Å²) in [5.41, 5.74) is 9.96.